The van der Waals surface area contributed by atoms with Crippen molar-refractivity contribution in [1.29, 1.82) is 0 Å². The number of methoxy groups -OCH3 is 1. The maximum absolute atomic E-state index is 12.2. The molecule has 3 aromatic rings. The van der Waals surface area contributed by atoms with E-state index in [9.17, 15) is 4.79 Å². The van der Waals surface area contributed by atoms with Crippen molar-refractivity contribution in [2.24, 2.45) is 0 Å². The molecule has 1 N–H and O–H groups in total. The van der Waals surface area contributed by atoms with Gasteiger partial charge in [0.05, 0.1) is 25.0 Å². The van der Waals surface area contributed by atoms with E-state index in [2.05, 4.69) is 22.3 Å². The summed E-state index contributed by atoms with van der Waals surface area (Å²) < 4.78 is 6.92. The van der Waals surface area contributed by atoms with Gasteiger partial charge in [-0.15, -0.1) is 0 Å². The summed E-state index contributed by atoms with van der Waals surface area (Å²) in [7, 11) is 1.60. The molecule has 0 spiro atoms. The second-order valence-corrected chi connectivity index (χ2v) is 6.14. The molecule has 0 bridgehead atoms. The molecule has 7 heteroatoms. The van der Waals surface area contributed by atoms with Crippen LogP contribution in [-0.4, -0.2) is 27.6 Å². The first kappa shape index (κ1) is 15.5. The predicted octanol–water partition coefficient (Wildman–Crippen LogP) is 2.60. The van der Waals surface area contributed by atoms with E-state index in [1.807, 2.05) is 11.4 Å². The van der Waals surface area contributed by atoms with Crippen LogP contribution >= 0.6 is 11.3 Å². The molecular formula is C16H18N4O2S. The number of ether oxygens (including phenoxy) is 1. The number of aryl methyl sites for hydroxylation is 2. The van der Waals surface area contributed by atoms with Crippen LogP contribution in [-0.2, 0) is 13.0 Å². The van der Waals surface area contributed by atoms with Gasteiger partial charge in [-0.1, -0.05) is 18.3 Å². The minimum Gasteiger partial charge on any atom is -0.497 e. The summed E-state index contributed by atoms with van der Waals surface area (Å²) in [6.45, 7) is 4.39. The molecule has 0 aliphatic heterocycles. The van der Waals surface area contributed by atoms with E-state index in [4.69, 9.17) is 4.74 Å². The standard InChI is InChI=1S/C16H18N4O2S/c1-4-14-19-20-13(10(2)18-16(20)23-14)9-17-15(21)11-5-7-12(22-3)8-6-11/h5-8H,4,9H2,1-3H3,(H,17,21). The Balaban J connectivity index is 1.75. The Kier molecular flexibility index (Phi) is 4.29. The van der Waals surface area contributed by atoms with E-state index in [1.54, 1.807) is 42.7 Å². The van der Waals surface area contributed by atoms with Crippen LogP contribution in [0.5, 0.6) is 5.75 Å². The quantitative estimate of drug-likeness (QED) is 0.781. The second-order valence-electron chi connectivity index (χ2n) is 5.10. The van der Waals surface area contributed by atoms with Crippen molar-refractivity contribution in [2.75, 3.05) is 7.11 Å². The zero-order valence-electron chi connectivity index (χ0n) is 13.3. The van der Waals surface area contributed by atoms with Gasteiger partial charge in [0, 0.05) is 5.56 Å². The highest BCUT2D eigenvalue weighted by Gasteiger charge is 2.14. The third-order valence-electron chi connectivity index (χ3n) is 3.61. The summed E-state index contributed by atoms with van der Waals surface area (Å²) >= 11 is 1.58. The fraction of sp³-hybridized carbons (Fsp3) is 0.312. The Hall–Kier alpha value is -2.41. The molecule has 1 aromatic carbocycles. The summed E-state index contributed by atoms with van der Waals surface area (Å²) in [5.41, 5.74) is 2.40. The SMILES string of the molecule is CCc1nn2c(CNC(=O)c3ccc(OC)cc3)c(C)nc2s1. The van der Waals surface area contributed by atoms with E-state index in [0.717, 1.165) is 33.5 Å². The maximum atomic E-state index is 12.2. The number of rotatable bonds is 5. The number of amides is 1. The Morgan fingerprint density at radius 2 is 2.09 bits per heavy atom. The Morgan fingerprint density at radius 3 is 2.74 bits per heavy atom. The number of carbonyl (C=O) groups excluding carboxylic acids is 1. The minimum atomic E-state index is -0.132. The van der Waals surface area contributed by atoms with Crippen LogP contribution in [0.4, 0.5) is 0 Å². The van der Waals surface area contributed by atoms with Gasteiger partial charge in [-0.25, -0.2) is 9.50 Å². The van der Waals surface area contributed by atoms with Crippen molar-refractivity contribution in [2.45, 2.75) is 26.8 Å². The van der Waals surface area contributed by atoms with E-state index in [-0.39, 0.29) is 5.91 Å². The number of imidazole rings is 1. The zero-order chi connectivity index (χ0) is 16.4. The fourth-order valence-electron chi connectivity index (χ4n) is 2.28. The molecule has 0 radical (unpaired) electrons. The first-order valence-electron chi connectivity index (χ1n) is 7.38. The number of hydrogen-bond donors (Lipinski definition) is 1. The van der Waals surface area contributed by atoms with E-state index in [1.165, 1.54) is 0 Å². The number of carbonyl (C=O) groups is 1. The smallest absolute Gasteiger partial charge is 0.251 e. The molecule has 0 aliphatic carbocycles. The zero-order valence-corrected chi connectivity index (χ0v) is 14.1. The number of hydrogen-bond acceptors (Lipinski definition) is 5. The van der Waals surface area contributed by atoms with E-state index >= 15 is 0 Å². The van der Waals surface area contributed by atoms with Crippen molar-refractivity contribution >= 4 is 22.2 Å². The summed E-state index contributed by atoms with van der Waals surface area (Å²) in [6, 6.07) is 7.02. The number of benzene rings is 1. The molecule has 0 fully saturated rings. The fourth-order valence-corrected chi connectivity index (χ4v) is 3.18. The van der Waals surface area contributed by atoms with Crippen molar-refractivity contribution in [1.82, 2.24) is 19.9 Å². The molecule has 120 valence electrons. The Bertz CT molecular complexity index is 836. The van der Waals surface area contributed by atoms with Gasteiger partial charge in [0.15, 0.2) is 0 Å². The van der Waals surface area contributed by atoms with Crippen LogP contribution in [0.1, 0.15) is 33.7 Å². The molecule has 0 aliphatic rings. The van der Waals surface area contributed by atoms with E-state index in [0.29, 0.717) is 12.1 Å². The van der Waals surface area contributed by atoms with Gasteiger partial charge in [0.1, 0.15) is 10.8 Å². The first-order valence-corrected chi connectivity index (χ1v) is 8.20. The van der Waals surface area contributed by atoms with Crippen LogP contribution in [0.25, 0.3) is 4.96 Å². The minimum absolute atomic E-state index is 0.132. The van der Waals surface area contributed by atoms with Crippen molar-refractivity contribution in [3.8, 4) is 5.75 Å². The summed E-state index contributed by atoms with van der Waals surface area (Å²) in [6.07, 6.45) is 0.880. The maximum Gasteiger partial charge on any atom is 0.251 e. The van der Waals surface area contributed by atoms with Gasteiger partial charge in [-0.2, -0.15) is 5.10 Å². The summed E-state index contributed by atoms with van der Waals surface area (Å²) in [5, 5.41) is 8.49. The third-order valence-corrected chi connectivity index (χ3v) is 4.66. The highest BCUT2D eigenvalue weighted by Crippen LogP contribution is 2.19. The normalized spacial score (nSPS) is 10.9. The molecule has 1 amide bonds. The van der Waals surface area contributed by atoms with Crippen LogP contribution in [0.3, 0.4) is 0 Å². The second kappa shape index (κ2) is 6.37. The van der Waals surface area contributed by atoms with Crippen LogP contribution < -0.4 is 10.1 Å². The van der Waals surface area contributed by atoms with Crippen molar-refractivity contribution in [3.63, 3.8) is 0 Å². The van der Waals surface area contributed by atoms with Gasteiger partial charge in [0.25, 0.3) is 5.91 Å². The molecule has 2 aromatic heterocycles. The van der Waals surface area contributed by atoms with Crippen LogP contribution in [0.2, 0.25) is 0 Å². The Labute approximate surface area is 138 Å². The average Bonchev–Trinajstić information content (AvgIpc) is 3.09. The molecule has 23 heavy (non-hydrogen) atoms. The number of nitrogens with one attached hydrogen (secondary N) is 1. The van der Waals surface area contributed by atoms with Gasteiger partial charge < -0.3 is 10.1 Å². The van der Waals surface area contributed by atoms with Crippen molar-refractivity contribution < 1.29 is 9.53 Å². The largest absolute Gasteiger partial charge is 0.497 e. The highest BCUT2D eigenvalue weighted by atomic mass is 32.1. The molecule has 2 heterocycles. The van der Waals surface area contributed by atoms with Gasteiger partial charge in [-0.3, -0.25) is 4.79 Å². The molecule has 0 unspecified atom stereocenters. The number of fused-ring (bicyclic) bond motifs is 1. The lowest BCUT2D eigenvalue weighted by molar-refractivity contribution is 0.0950. The number of nitrogens with zero attached hydrogens (tertiary/aromatic N) is 3. The molecule has 6 nitrogen and oxygen atoms in total. The van der Waals surface area contributed by atoms with Gasteiger partial charge in [-0.05, 0) is 37.6 Å². The monoisotopic (exact) mass is 330 g/mol. The van der Waals surface area contributed by atoms with Gasteiger partial charge in [0.2, 0.25) is 4.96 Å². The topological polar surface area (TPSA) is 68.5 Å². The third kappa shape index (κ3) is 3.05. The lowest BCUT2D eigenvalue weighted by Crippen LogP contribution is -2.24. The Morgan fingerprint density at radius 1 is 1.35 bits per heavy atom. The molecule has 0 saturated heterocycles. The van der Waals surface area contributed by atoms with Crippen LogP contribution in [0, 0.1) is 6.92 Å². The molecular weight excluding hydrogens is 312 g/mol. The van der Waals surface area contributed by atoms with Crippen LogP contribution in [0.15, 0.2) is 24.3 Å². The highest BCUT2D eigenvalue weighted by molar-refractivity contribution is 7.16. The predicted molar refractivity (Wildman–Crippen MR) is 89.1 cm³/mol. The average molecular weight is 330 g/mol. The molecule has 3 rings (SSSR count). The lowest BCUT2D eigenvalue weighted by Gasteiger charge is -2.06. The summed E-state index contributed by atoms with van der Waals surface area (Å²) in [5.74, 6) is 0.595. The van der Waals surface area contributed by atoms with Crippen molar-refractivity contribution in [3.05, 3.63) is 46.2 Å². The first-order chi connectivity index (χ1) is 11.1. The number of aromatic nitrogens is 3. The van der Waals surface area contributed by atoms with E-state index < -0.39 is 0 Å². The summed E-state index contributed by atoms with van der Waals surface area (Å²) in [4.78, 5) is 17.6. The lowest BCUT2D eigenvalue weighted by atomic mass is 10.2. The molecule has 0 atom stereocenters. The molecule has 0 saturated carbocycles. The van der Waals surface area contributed by atoms with Gasteiger partial charge >= 0.3 is 0 Å².